The third kappa shape index (κ3) is 4.29. The smallest absolute Gasteiger partial charge is 0.266 e. The molecule has 25 heavy (non-hydrogen) atoms. The van der Waals surface area contributed by atoms with E-state index in [1.807, 2.05) is 11.0 Å². The molecule has 1 aliphatic carbocycles. The van der Waals surface area contributed by atoms with E-state index in [0.29, 0.717) is 12.5 Å². The van der Waals surface area contributed by atoms with E-state index in [1.165, 1.54) is 6.42 Å². The van der Waals surface area contributed by atoms with E-state index in [9.17, 15) is 9.59 Å². The van der Waals surface area contributed by atoms with Crippen LogP contribution in [0.2, 0.25) is 0 Å². The van der Waals surface area contributed by atoms with Gasteiger partial charge in [0.2, 0.25) is 5.91 Å². The van der Waals surface area contributed by atoms with Gasteiger partial charge in [0.25, 0.3) is 5.56 Å². The van der Waals surface area contributed by atoms with Crippen LogP contribution < -0.4 is 5.56 Å². The molecule has 0 spiro atoms. The Hall–Kier alpha value is -1.69. The Morgan fingerprint density at radius 2 is 1.80 bits per heavy atom. The summed E-state index contributed by atoms with van der Waals surface area (Å²) in [5.74, 6) is 0.635. The highest BCUT2D eigenvalue weighted by molar-refractivity contribution is 5.79. The Morgan fingerprint density at radius 1 is 1.12 bits per heavy atom. The third-order valence-electron chi connectivity index (χ3n) is 5.40. The van der Waals surface area contributed by atoms with Gasteiger partial charge in [-0.05, 0) is 18.9 Å². The molecule has 138 valence electrons. The lowest BCUT2D eigenvalue weighted by Gasteiger charge is -2.38. The summed E-state index contributed by atoms with van der Waals surface area (Å²) in [4.78, 5) is 28.7. The number of hydrogen-bond acceptors (Lipinski definition) is 4. The van der Waals surface area contributed by atoms with Crippen molar-refractivity contribution in [1.29, 1.82) is 0 Å². The van der Waals surface area contributed by atoms with Gasteiger partial charge in [-0.2, -0.15) is 5.10 Å². The number of carbonyl (C=O) groups is 1. The van der Waals surface area contributed by atoms with Crippen molar-refractivity contribution in [3.8, 4) is 0 Å². The standard InChI is InChI=1S/C19H30N4O2/c1-19(2,3)16-7-8-17(24)23(20-16)14-11-21-9-12-22(13-10-21)18(25)15-5-4-6-15/h7-8,15H,4-6,9-14H2,1-3H3. The first-order valence-electron chi connectivity index (χ1n) is 9.44. The first-order chi connectivity index (χ1) is 11.8. The first kappa shape index (κ1) is 18.1. The molecule has 3 rings (SSSR count). The van der Waals surface area contributed by atoms with Crippen LogP contribution in [0.4, 0.5) is 0 Å². The van der Waals surface area contributed by atoms with E-state index in [-0.39, 0.29) is 16.9 Å². The molecule has 1 amide bonds. The predicted molar refractivity (Wildman–Crippen MR) is 97.6 cm³/mol. The monoisotopic (exact) mass is 346 g/mol. The van der Waals surface area contributed by atoms with Gasteiger partial charge in [-0.1, -0.05) is 27.2 Å². The van der Waals surface area contributed by atoms with Crippen molar-refractivity contribution in [1.82, 2.24) is 19.6 Å². The second kappa shape index (κ2) is 7.28. The maximum atomic E-state index is 12.3. The molecule has 0 N–H and O–H groups in total. The minimum absolute atomic E-state index is 0.0493. The molecule has 6 nitrogen and oxygen atoms in total. The van der Waals surface area contributed by atoms with Crippen LogP contribution in [0.25, 0.3) is 0 Å². The molecule has 2 aliphatic rings. The SMILES string of the molecule is CC(C)(C)c1ccc(=O)n(CCN2CCN(C(=O)C3CCC3)CC2)n1. The summed E-state index contributed by atoms with van der Waals surface area (Å²) in [7, 11) is 0. The normalized spacial score (nSPS) is 19.7. The molecule has 2 heterocycles. The van der Waals surface area contributed by atoms with Crippen LogP contribution in [0.15, 0.2) is 16.9 Å². The van der Waals surface area contributed by atoms with E-state index < -0.39 is 0 Å². The minimum Gasteiger partial charge on any atom is -0.340 e. The van der Waals surface area contributed by atoms with Crippen LogP contribution in [0.3, 0.4) is 0 Å². The van der Waals surface area contributed by atoms with Gasteiger partial charge in [-0.25, -0.2) is 4.68 Å². The number of aromatic nitrogens is 2. The number of nitrogens with zero attached hydrogens (tertiary/aromatic N) is 4. The highest BCUT2D eigenvalue weighted by atomic mass is 16.2. The molecule has 0 unspecified atom stereocenters. The predicted octanol–water partition coefficient (Wildman–Crippen LogP) is 1.49. The molecule has 1 saturated carbocycles. The quantitative estimate of drug-likeness (QED) is 0.829. The van der Waals surface area contributed by atoms with Crippen molar-refractivity contribution in [3.63, 3.8) is 0 Å². The van der Waals surface area contributed by atoms with Gasteiger partial charge in [0.15, 0.2) is 0 Å². The third-order valence-corrected chi connectivity index (χ3v) is 5.40. The van der Waals surface area contributed by atoms with Gasteiger partial charge in [-0.3, -0.25) is 14.5 Å². The fourth-order valence-corrected chi connectivity index (χ4v) is 3.35. The average Bonchev–Trinajstić information content (AvgIpc) is 2.52. The van der Waals surface area contributed by atoms with Crippen LogP contribution in [-0.2, 0) is 16.8 Å². The second-order valence-corrected chi connectivity index (χ2v) is 8.32. The Morgan fingerprint density at radius 3 is 2.36 bits per heavy atom. The Bertz CT molecular complexity index is 665. The van der Waals surface area contributed by atoms with Gasteiger partial charge in [-0.15, -0.1) is 0 Å². The molecule has 2 fully saturated rings. The topological polar surface area (TPSA) is 58.4 Å². The van der Waals surface area contributed by atoms with Crippen molar-refractivity contribution in [2.45, 2.75) is 52.0 Å². The Labute approximate surface area is 149 Å². The largest absolute Gasteiger partial charge is 0.340 e. The lowest BCUT2D eigenvalue weighted by molar-refractivity contribution is -0.139. The van der Waals surface area contributed by atoms with Crippen molar-refractivity contribution >= 4 is 5.91 Å². The summed E-state index contributed by atoms with van der Waals surface area (Å²) in [5.41, 5.74) is 0.818. The minimum atomic E-state index is -0.0665. The van der Waals surface area contributed by atoms with Gasteiger partial charge in [0, 0.05) is 50.1 Å². The number of piperazine rings is 1. The van der Waals surface area contributed by atoms with Gasteiger partial charge < -0.3 is 4.90 Å². The molecule has 6 heteroatoms. The zero-order chi connectivity index (χ0) is 18.0. The lowest BCUT2D eigenvalue weighted by Crippen LogP contribution is -2.51. The van der Waals surface area contributed by atoms with Gasteiger partial charge in [0.05, 0.1) is 12.2 Å². The molecular weight excluding hydrogens is 316 g/mol. The fraction of sp³-hybridized carbons (Fsp3) is 0.737. The molecule has 1 saturated heterocycles. The van der Waals surface area contributed by atoms with E-state index >= 15 is 0 Å². The van der Waals surface area contributed by atoms with Crippen molar-refractivity contribution < 1.29 is 4.79 Å². The maximum absolute atomic E-state index is 12.3. The summed E-state index contributed by atoms with van der Waals surface area (Å²) in [6.07, 6.45) is 3.33. The van der Waals surface area contributed by atoms with Crippen molar-refractivity contribution in [2.24, 2.45) is 5.92 Å². The van der Waals surface area contributed by atoms with E-state index in [4.69, 9.17) is 0 Å². The average molecular weight is 346 g/mol. The zero-order valence-electron chi connectivity index (χ0n) is 15.7. The summed E-state index contributed by atoms with van der Waals surface area (Å²) < 4.78 is 1.58. The first-order valence-corrected chi connectivity index (χ1v) is 9.44. The van der Waals surface area contributed by atoms with Crippen molar-refractivity contribution in [3.05, 3.63) is 28.2 Å². The van der Waals surface area contributed by atoms with Crippen LogP contribution >= 0.6 is 0 Å². The number of carbonyl (C=O) groups excluding carboxylic acids is 1. The fourth-order valence-electron chi connectivity index (χ4n) is 3.35. The summed E-state index contributed by atoms with van der Waals surface area (Å²) >= 11 is 0. The Kier molecular flexibility index (Phi) is 5.27. The Balaban J connectivity index is 1.51. The lowest BCUT2D eigenvalue weighted by atomic mass is 9.84. The van der Waals surface area contributed by atoms with Gasteiger partial charge in [0.1, 0.15) is 0 Å². The van der Waals surface area contributed by atoms with Crippen molar-refractivity contribution in [2.75, 3.05) is 32.7 Å². The van der Waals surface area contributed by atoms with Crippen LogP contribution in [0, 0.1) is 5.92 Å². The van der Waals surface area contributed by atoms with E-state index in [1.54, 1.807) is 10.7 Å². The molecule has 1 aromatic heterocycles. The molecule has 0 atom stereocenters. The van der Waals surface area contributed by atoms with Gasteiger partial charge >= 0.3 is 0 Å². The van der Waals surface area contributed by atoms with E-state index in [2.05, 4.69) is 30.8 Å². The number of amides is 1. The highest BCUT2D eigenvalue weighted by Gasteiger charge is 2.31. The summed E-state index contributed by atoms with van der Waals surface area (Å²) in [6, 6.07) is 3.44. The molecule has 0 radical (unpaired) electrons. The number of rotatable bonds is 4. The summed E-state index contributed by atoms with van der Waals surface area (Å²) in [5, 5.41) is 4.53. The molecule has 0 bridgehead atoms. The zero-order valence-corrected chi connectivity index (χ0v) is 15.7. The molecule has 1 aromatic rings. The molecule has 1 aliphatic heterocycles. The van der Waals surface area contributed by atoms with Crippen LogP contribution in [-0.4, -0.2) is 58.2 Å². The van der Waals surface area contributed by atoms with Crippen LogP contribution in [0.1, 0.15) is 45.7 Å². The molecular formula is C19H30N4O2. The highest BCUT2D eigenvalue weighted by Crippen LogP contribution is 2.28. The maximum Gasteiger partial charge on any atom is 0.266 e. The summed E-state index contributed by atoms with van der Waals surface area (Å²) in [6.45, 7) is 11.1. The number of hydrogen-bond donors (Lipinski definition) is 0. The molecule has 0 aromatic carbocycles. The van der Waals surface area contributed by atoms with Crippen LogP contribution in [0.5, 0.6) is 0 Å². The second-order valence-electron chi connectivity index (χ2n) is 8.32. The van der Waals surface area contributed by atoms with E-state index in [0.717, 1.165) is 51.3 Å².